The number of Topliss-reactive ketones (excluding diaryl/α,β-unsaturated/α-hetero) is 1. The van der Waals surface area contributed by atoms with Crippen LogP contribution in [-0.2, 0) is 14.3 Å². The van der Waals surface area contributed by atoms with Gasteiger partial charge in [-0.1, -0.05) is 50.6 Å². The average molecular weight is 397 g/mol. The molecule has 154 valence electrons. The van der Waals surface area contributed by atoms with Gasteiger partial charge in [0.25, 0.3) is 5.91 Å². The summed E-state index contributed by atoms with van der Waals surface area (Å²) < 4.78 is 10.3. The number of ether oxygens (including phenoxy) is 2. The second kappa shape index (κ2) is 11.6. The van der Waals surface area contributed by atoms with Crippen molar-refractivity contribution in [2.24, 2.45) is 0 Å². The minimum atomic E-state index is -0.638. The highest BCUT2D eigenvalue weighted by Gasteiger charge is 2.15. The molecule has 0 saturated heterocycles. The van der Waals surface area contributed by atoms with Crippen LogP contribution >= 0.6 is 0 Å². The Labute approximate surface area is 171 Å². The van der Waals surface area contributed by atoms with Crippen LogP contribution in [0.1, 0.15) is 55.1 Å². The van der Waals surface area contributed by atoms with Crippen LogP contribution in [0.5, 0.6) is 5.75 Å². The van der Waals surface area contributed by atoms with E-state index in [0.29, 0.717) is 17.7 Å². The number of carbonyl (C=O) groups excluding carboxylic acids is 3. The van der Waals surface area contributed by atoms with Crippen molar-refractivity contribution < 1.29 is 23.9 Å². The zero-order chi connectivity index (χ0) is 21.1. The molecule has 0 aliphatic heterocycles. The van der Waals surface area contributed by atoms with Crippen LogP contribution in [0.25, 0.3) is 0 Å². The third kappa shape index (κ3) is 7.41. The number of rotatable bonds is 11. The second-order valence-corrected chi connectivity index (χ2v) is 6.57. The molecule has 1 N–H and O–H groups in total. The molecule has 0 saturated carbocycles. The molecule has 0 unspecified atom stereocenters. The molecule has 0 aliphatic carbocycles. The fraction of sp³-hybridized carbons (Fsp3) is 0.348. The molecule has 29 heavy (non-hydrogen) atoms. The van der Waals surface area contributed by atoms with Gasteiger partial charge in [-0.3, -0.25) is 9.59 Å². The molecular formula is C23H27NO5. The molecule has 0 aliphatic rings. The Hall–Kier alpha value is -3.15. The lowest BCUT2D eigenvalue weighted by atomic mass is 10.0. The van der Waals surface area contributed by atoms with Crippen molar-refractivity contribution in [1.82, 2.24) is 5.32 Å². The zero-order valence-electron chi connectivity index (χ0n) is 16.9. The Kier molecular flexibility index (Phi) is 8.89. The maximum Gasteiger partial charge on any atom is 0.344 e. The largest absolute Gasteiger partial charge is 0.482 e. The first kappa shape index (κ1) is 22.1. The predicted molar refractivity (Wildman–Crippen MR) is 110 cm³/mol. The van der Waals surface area contributed by atoms with Crippen LogP contribution in [-0.4, -0.2) is 30.9 Å². The summed E-state index contributed by atoms with van der Waals surface area (Å²) in [6.45, 7) is 3.16. The molecule has 1 atom stereocenters. The lowest BCUT2D eigenvalue weighted by Crippen LogP contribution is -2.33. The molecule has 6 heteroatoms. The zero-order valence-corrected chi connectivity index (χ0v) is 16.9. The number of hydrogen-bond donors (Lipinski definition) is 1. The molecule has 1 amide bonds. The van der Waals surface area contributed by atoms with Crippen LogP contribution in [0, 0.1) is 0 Å². The van der Waals surface area contributed by atoms with Gasteiger partial charge in [0.2, 0.25) is 0 Å². The second-order valence-electron chi connectivity index (χ2n) is 6.57. The summed E-state index contributed by atoms with van der Waals surface area (Å²) in [4.78, 5) is 35.6. The maximum atomic E-state index is 12.1. The molecule has 2 aromatic rings. The van der Waals surface area contributed by atoms with E-state index in [9.17, 15) is 14.4 Å². The minimum Gasteiger partial charge on any atom is -0.482 e. The van der Waals surface area contributed by atoms with E-state index in [1.807, 2.05) is 37.3 Å². The molecule has 0 fully saturated rings. The van der Waals surface area contributed by atoms with E-state index in [1.54, 1.807) is 31.2 Å². The minimum absolute atomic E-state index is 0.0406. The Morgan fingerprint density at radius 2 is 1.62 bits per heavy atom. The topological polar surface area (TPSA) is 81.7 Å². The number of ketones is 1. The van der Waals surface area contributed by atoms with Gasteiger partial charge in [0, 0.05) is 12.0 Å². The van der Waals surface area contributed by atoms with E-state index in [4.69, 9.17) is 9.47 Å². The molecule has 0 spiro atoms. The number of benzene rings is 2. The lowest BCUT2D eigenvalue weighted by Gasteiger charge is -2.18. The van der Waals surface area contributed by atoms with Crippen LogP contribution in [0.3, 0.4) is 0 Å². The molecule has 2 aromatic carbocycles. The first-order valence-corrected chi connectivity index (χ1v) is 9.79. The molecule has 0 radical (unpaired) electrons. The SMILES string of the molecule is CCC[C@@H](NC(=O)COC(=O)COc1ccc(C(=O)CC)cc1)c1ccccc1. The first-order chi connectivity index (χ1) is 14.0. The first-order valence-electron chi connectivity index (χ1n) is 9.79. The van der Waals surface area contributed by atoms with E-state index >= 15 is 0 Å². The van der Waals surface area contributed by atoms with E-state index in [1.165, 1.54) is 0 Å². The van der Waals surface area contributed by atoms with E-state index in [2.05, 4.69) is 5.32 Å². The van der Waals surface area contributed by atoms with Crippen LogP contribution < -0.4 is 10.1 Å². The number of carbonyl (C=O) groups is 3. The van der Waals surface area contributed by atoms with Gasteiger partial charge in [0.05, 0.1) is 6.04 Å². The molecular weight excluding hydrogens is 370 g/mol. The van der Waals surface area contributed by atoms with Gasteiger partial charge < -0.3 is 14.8 Å². The summed E-state index contributed by atoms with van der Waals surface area (Å²) in [5.41, 5.74) is 1.61. The highest BCUT2D eigenvalue weighted by Crippen LogP contribution is 2.18. The summed E-state index contributed by atoms with van der Waals surface area (Å²) in [6.07, 6.45) is 2.14. The highest BCUT2D eigenvalue weighted by molar-refractivity contribution is 5.95. The number of nitrogens with one attached hydrogen (secondary N) is 1. The van der Waals surface area contributed by atoms with Crippen LogP contribution in [0.4, 0.5) is 0 Å². The lowest BCUT2D eigenvalue weighted by molar-refractivity contribution is -0.150. The maximum absolute atomic E-state index is 12.1. The van der Waals surface area contributed by atoms with Gasteiger partial charge in [-0.05, 0) is 36.2 Å². The number of hydrogen-bond acceptors (Lipinski definition) is 5. The van der Waals surface area contributed by atoms with Crippen molar-refractivity contribution >= 4 is 17.7 Å². The molecule has 0 aromatic heterocycles. The van der Waals surface area contributed by atoms with Crippen molar-refractivity contribution in [1.29, 1.82) is 0 Å². The Balaban J connectivity index is 1.76. The van der Waals surface area contributed by atoms with Crippen molar-refractivity contribution in [2.75, 3.05) is 13.2 Å². The normalized spacial score (nSPS) is 11.4. The summed E-state index contributed by atoms with van der Waals surface area (Å²) in [5.74, 6) is -0.506. The van der Waals surface area contributed by atoms with Gasteiger partial charge >= 0.3 is 5.97 Å². The quantitative estimate of drug-likeness (QED) is 0.460. The van der Waals surface area contributed by atoms with E-state index in [0.717, 1.165) is 18.4 Å². The highest BCUT2D eigenvalue weighted by atomic mass is 16.6. The van der Waals surface area contributed by atoms with Gasteiger partial charge in [0.15, 0.2) is 19.0 Å². The summed E-state index contributed by atoms with van der Waals surface area (Å²) in [6, 6.07) is 16.1. The van der Waals surface area contributed by atoms with Gasteiger partial charge in [0.1, 0.15) is 5.75 Å². The van der Waals surface area contributed by atoms with Crippen molar-refractivity contribution in [3.63, 3.8) is 0 Å². The molecule has 2 rings (SSSR count). The third-order valence-corrected chi connectivity index (χ3v) is 4.33. The summed E-state index contributed by atoms with van der Waals surface area (Å²) >= 11 is 0. The predicted octanol–water partition coefficient (Wildman–Crippen LogP) is 3.86. The van der Waals surface area contributed by atoms with Gasteiger partial charge in [-0.15, -0.1) is 0 Å². The summed E-state index contributed by atoms with van der Waals surface area (Å²) in [7, 11) is 0. The van der Waals surface area contributed by atoms with Crippen molar-refractivity contribution in [3.8, 4) is 5.75 Å². The van der Waals surface area contributed by atoms with Gasteiger partial charge in [-0.25, -0.2) is 4.79 Å². The van der Waals surface area contributed by atoms with Crippen molar-refractivity contribution in [3.05, 3.63) is 65.7 Å². The summed E-state index contributed by atoms with van der Waals surface area (Å²) in [5, 5.41) is 2.90. The Morgan fingerprint density at radius 1 is 0.931 bits per heavy atom. The Bertz CT molecular complexity index is 802. The molecule has 6 nitrogen and oxygen atoms in total. The van der Waals surface area contributed by atoms with E-state index in [-0.39, 0.29) is 30.9 Å². The fourth-order valence-electron chi connectivity index (χ4n) is 2.80. The standard InChI is InChI=1S/C23H27NO5/c1-3-8-20(17-9-6-5-7-10-17)24-22(26)15-29-23(27)16-28-19-13-11-18(12-14-19)21(25)4-2/h5-7,9-14,20H,3-4,8,15-16H2,1-2H3,(H,24,26)/t20-/m1/s1. The van der Waals surface area contributed by atoms with Gasteiger partial charge in [-0.2, -0.15) is 0 Å². The Morgan fingerprint density at radius 3 is 2.24 bits per heavy atom. The molecule has 0 heterocycles. The molecule has 0 bridgehead atoms. The van der Waals surface area contributed by atoms with Crippen LogP contribution in [0.2, 0.25) is 0 Å². The average Bonchev–Trinajstić information content (AvgIpc) is 2.76. The van der Waals surface area contributed by atoms with Crippen LogP contribution in [0.15, 0.2) is 54.6 Å². The monoisotopic (exact) mass is 397 g/mol. The third-order valence-electron chi connectivity index (χ3n) is 4.33. The van der Waals surface area contributed by atoms with Crippen molar-refractivity contribution in [2.45, 2.75) is 39.2 Å². The fourth-order valence-corrected chi connectivity index (χ4v) is 2.80. The van der Waals surface area contributed by atoms with E-state index < -0.39 is 5.97 Å². The smallest absolute Gasteiger partial charge is 0.344 e. The number of amides is 1. The number of esters is 1.